The fourth-order valence-corrected chi connectivity index (χ4v) is 4.97. The molecular formula is C21H30IN5O2S. The van der Waals surface area contributed by atoms with Gasteiger partial charge >= 0.3 is 0 Å². The molecule has 0 radical (unpaired) electrons. The second kappa shape index (κ2) is 11.6. The second-order valence-electron chi connectivity index (χ2n) is 7.35. The molecule has 0 amide bonds. The monoisotopic (exact) mass is 543 g/mol. The average molecular weight is 543 g/mol. The van der Waals surface area contributed by atoms with Crippen LogP contribution in [0.1, 0.15) is 31.0 Å². The van der Waals surface area contributed by atoms with Crippen molar-refractivity contribution in [1.82, 2.24) is 19.9 Å². The van der Waals surface area contributed by atoms with Crippen LogP contribution in [0.15, 0.2) is 58.5 Å². The Bertz CT molecular complexity index is 920. The lowest BCUT2D eigenvalue weighted by Crippen LogP contribution is -2.39. The number of sulfonamides is 1. The highest BCUT2D eigenvalue weighted by Crippen LogP contribution is 2.23. The van der Waals surface area contributed by atoms with Gasteiger partial charge in [-0.3, -0.25) is 9.98 Å². The summed E-state index contributed by atoms with van der Waals surface area (Å²) in [6.07, 6.45) is 3.77. The summed E-state index contributed by atoms with van der Waals surface area (Å²) < 4.78 is 27.3. The number of hydrogen-bond acceptors (Lipinski definition) is 4. The van der Waals surface area contributed by atoms with Gasteiger partial charge in [-0.25, -0.2) is 8.42 Å². The lowest BCUT2D eigenvalue weighted by Gasteiger charge is -2.30. The van der Waals surface area contributed by atoms with Crippen LogP contribution in [0, 0.1) is 5.92 Å². The number of guanidine groups is 1. The number of aromatic nitrogens is 1. The van der Waals surface area contributed by atoms with Gasteiger partial charge in [-0.1, -0.05) is 25.1 Å². The van der Waals surface area contributed by atoms with Gasteiger partial charge in [0.25, 0.3) is 0 Å². The van der Waals surface area contributed by atoms with Crippen molar-refractivity contribution >= 4 is 40.0 Å². The Balaban J connectivity index is 0.00000320. The molecule has 1 fully saturated rings. The van der Waals surface area contributed by atoms with E-state index in [-0.39, 0.29) is 24.0 Å². The van der Waals surface area contributed by atoms with E-state index in [4.69, 9.17) is 0 Å². The molecule has 0 bridgehead atoms. The van der Waals surface area contributed by atoms with Crippen molar-refractivity contribution in [1.29, 1.82) is 0 Å². The van der Waals surface area contributed by atoms with Crippen molar-refractivity contribution in [3.63, 3.8) is 0 Å². The molecule has 1 aliphatic heterocycles. The predicted octanol–water partition coefficient (Wildman–Crippen LogP) is 2.99. The van der Waals surface area contributed by atoms with Gasteiger partial charge in [0.05, 0.1) is 17.1 Å². The topological polar surface area (TPSA) is 86.7 Å². The maximum absolute atomic E-state index is 12.9. The van der Waals surface area contributed by atoms with Crippen LogP contribution in [0.25, 0.3) is 0 Å². The van der Waals surface area contributed by atoms with E-state index in [0.29, 0.717) is 43.0 Å². The number of nitrogens with one attached hydrogen (secondary N) is 2. The van der Waals surface area contributed by atoms with Gasteiger partial charge in [-0.05, 0) is 48.6 Å². The van der Waals surface area contributed by atoms with Crippen molar-refractivity contribution in [2.75, 3.05) is 20.1 Å². The lowest BCUT2D eigenvalue weighted by molar-refractivity contribution is 0.281. The molecule has 164 valence electrons. The zero-order valence-corrected chi connectivity index (χ0v) is 20.6. The van der Waals surface area contributed by atoms with E-state index in [2.05, 4.69) is 27.5 Å². The van der Waals surface area contributed by atoms with Gasteiger partial charge in [-0.15, -0.1) is 24.0 Å². The van der Waals surface area contributed by atoms with Crippen molar-refractivity contribution in [2.45, 2.75) is 37.8 Å². The van der Waals surface area contributed by atoms with Gasteiger partial charge in [0.2, 0.25) is 10.0 Å². The van der Waals surface area contributed by atoms with E-state index in [1.165, 1.54) is 0 Å². The van der Waals surface area contributed by atoms with Gasteiger partial charge < -0.3 is 10.6 Å². The first-order valence-corrected chi connectivity index (χ1v) is 11.4. The van der Waals surface area contributed by atoms with Gasteiger partial charge in [-0.2, -0.15) is 4.31 Å². The molecule has 1 aliphatic rings. The molecule has 1 aromatic carbocycles. The molecule has 3 rings (SSSR count). The third-order valence-corrected chi connectivity index (χ3v) is 6.91. The van der Waals surface area contributed by atoms with E-state index < -0.39 is 10.0 Å². The minimum absolute atomic E-state index is 0. The first-order chi connectivity index (χ1) is 14.0. The summed E-state index contributed by atoms with van der Waals surface area (Å²) in [5.74, 6) is 1.07. The molecule has 1 saturated heterocycles. The first-order valence-electron chi connectivity index (χ1n) is 9.92. The number of halogens is 1. The van der Waals surface area contributed by atoms with E-state index in [1.54, 1.807) is 29.7 Å². The number of hydrogen-bond donors (Lipinski definition) is 2. The van der Waals surface area contributed by atoms with E-state index in [1.807, 2.05) is 30.3 Å². The number of aliphatic imine (C=N–C) groups is 1. The highest BCUT2D eigenvalue weighted by atomic mass is 127. The summed E-state index contributed by atoms with van der Waals surface area (Å²) >= 11 is 0. The van der Waals surface area contributed by atoms with Crippen molar-refractivity contribution in [3.05, 3.63) is 59.9 Å². The zero-order chi connectivity index (χ0) is 20.7. The largest absolute Gasteiger partial charge is 0.352 e. The highest BCUT2D eigenvalue weighted by molar-refractivity contribution is 14.0. The van der Waals surface area contributed by atoms with Gasteiger partial charge in [0.1, 0.15) is 0 Å². The van der Waals surface area contributed by atoms with Crippen LogP contribution >= 0.6 is 24.0 Å². The minimum Gasteiger partial charge on any atom is -0.352 e. The lowest BCUT2D eigenvalue weighted by atomic mass is 10.0. The van der Waals surface area contributed by atoms with Crippen LogP contribution in [0.2, 0.25) is 0 Å². The number of pyridine rings is 1. The Labute approximate surface area is 196 Å². The van der Waals surface area contributed by atoms with Crippen molar-refractivity contribution in [2.24, 2.45) is 10.9 Å². The Hall–Kier alpha value is -1.72. The van der Waals surface area contributed by atoms with E-state index in [0.717, 1.165) is 24.1 Å². The summed E-state index contributed by atoms with van der Waals surface area (Å²) in [5.41, 5.74) is 1.91. The summed E-state index contributed by atoms with van der Waals surface area (Å²) in [6, 6.07) is 12.8. The van der Waals surface area contributed by atoms with Crippen LogP contribution in [0.4, 0.5) is 0 Å². The molecule has 0 aliphatic carbocycles. The van der Waals surface area contributed by atoms with Crippen LogP contribution in [0.3, 0.4) is 0 Å². The minimum atomic E-state index is -3.42. The van der Waals surface area contributed by atoms with Crippen molar-refractivity contribution < 1.29 is 8.42 Å². The Kier molecular flexibility index (Phi) is 9.50. The normalized spacial score (nSPS) is 17.8. The highest BCUT2D eigenvalue weighted by Gasteiger charge is 2.28. The Morgan fingerprint density at radius 3 is 2.53 bits per heavy atom. The molecule has 1 aromatic heterocycles. The zero-order valence-electron chi connectivity index (χ0n) is 17.4. The van der Waals surface area contributed by atoms with Crippen LogP contribution in [0.5, 0.6) is 0 Å². The first kappa shape index (κ1) is 24.5. The predicted molar refractivity (Wildman–Crippen MR) is 130 cm³/mol. The van der Waals surface area contributed by atoms with Gasteiger partial charge in [0, 0.05) is 32.9 Å². The molecular weight excluding hydrogens is 513 g/mol. The average Bonchev–Trinajstić information content (AvgIpc) is 2.75. The molecule has 30 heavy (non-hydrogen) atoms. The van der Waals surface area contributed by atoms with Crippen LogP contribution in [-0.2, 0) is 23.1 Å². The van der Waals surface area contributed by atoms with Gasteiger partial charge in [0.15, 0.2) is 5.96 Å². The maximum Gasteiger partial charge on any atom is 0.243 e. The number of rotatable bonds is 6. The molecule has 0 spiro atoms. The summed E-state index contributed by atoms with van der Waals surface area (Å²) in [6.45, 7) is 4.43. The van der Waals surface area contributed by atoms with Crippen molar-refractivity contribution in [3.8, 4) is 0 Å². The third kappa shape index (κ3) is 6.64. The number of nitrogens with zero attached hydrogens (tertiary/aromatic N) is 3. The maximum atomic E-state index is 12.9. The molecule has 9 heteroatoms. The molecule has 2 N–H and O–H groups in total. The molecule has 7 nitrogen and oxygen atoms in total. The number of benzene rings is 1. The fourth-order valence-electron chi connectivity index (χ4n) is 3.38. The fraction of sp³-hybridized carbons (Fsp3) is 0.429. The van der Waals surface area contributed by atoms with Crippen LogP contribution in [-0.4, -0.2) is 43.8 Å². The Morgan fingerprint density at radius 1 is 1.17 bits per heavy atom. The SMILES string of the molecule is CN=C(NCc1ccc(S(=O)(=O)N2CCCC(C)C2)cc1)NCc1ccccn1.I. The molecule has 0 saturated carbocycles. The van der Waals surface area contributed by atoms with E-state index in [9.17, 15) is 8.42 Å². The smallest absolute Gasteiger partial charge is 0.243 e. The van der Waals surface area contributed by atoms with E-state index >= 15 is 0 Å². The third-order valence-electron chi connectivity index (χ3n) is 5.03. The summed E-state index contributed by atoms with van der Waals surface area (Å²) in [5, 5.41) is 6.45. The second-order valence-corrected chi connectivity index (χ2v) is 9.29. The summed E-state index contributed by atoms with van der Waals surface area (Å²) in [4.78, 5) is 8.83. The Morgan fingerprint density at radius 2 is 1.90 bits per heavy atom. The van der Waals surface area contributed by atoms with Crippen LogP contribution < -0.4 is 10.6 Å². The standard InChI is InChI=1S/C21H29N5O2S.HI/c1-17-6-5-13-26(16-17)29(27,28)20-10-8-18(9-11-20)14-24-21(22-2)25-15-19-7-3-4-12-23-19;/h3-4,7-12,17H,5-6,13-16H2,1-2H3,(H2,22,24,25);1H. The molecule has 1 unspecified atom stereocenters. The number of piperidine rings is 1. The molecule has 2 aromatic rings. The summed E-state index contributed by atoms with van der Waals surface area (Å²) in [7, 11) is -1.71. The molecule has 1 atom stereocenters. The quantitative estimate of drug-likeness (QED) is 0.333. The molecule has 2 heterocycles.